The van der Waals surface area contributed by atoms with E-state index in [-0.39, 0.29) is 11.7 Å². The van der Waals surface area contributed by atoms with Crippen molar-refractivity contribution in [1.29, 1.82) is 0 Å². The van der Waals surface area contributed by atoms with Crippen molar-refractivity contribution in [3.63, 3.8) is 0 Å². The first-order valence-corrected chi connectivity index (χ1v) is 12.4. The molecule has 35 heavy (non-hydrogen) atoms. The SMILES string of the molecule is CCCc1nn(C2CCCC2)c(=O)n1Cc1ccc(OCc2cccc(-c3nn[nH]n3)c2Cl)cc1. The Hall–Kier alpha value is -3.46. The van der Waals surface area contributed by atoms with Crippen LogP contribution >= 0.6 is 11.6 Å². The van der Waals surface area contributed by atoms with Crippen molar-refractivity contribution in [2.45, 2.75) is 64.6 Å². The molecule has 5 rings (SSSR count). The molecule has 0 spiro atoms. The van der Waals surface area contributed by atoms with Crippen LogP contribution in [0.5, 0.6) is 5.75 Å². The molecule has 1 saturated carbocycles. The number of hydrogen-bond donors (Lipinski definition) is 1. The highest BCUT2D eigenvalue weighted by atomic mass is 35.5. The molecule has 10 heteroatoms. The Labute approximate surface area is 208 Å². The van der Waals surface area contributed by atoms with Gasteiger partial charge in [-0.05, 0) is 48.2 Å². The monoisotopic (exact) mass is 493 g/mol. The first kappa shape index (κ1) is 23.3. The van der Waals surface area contributed by atoms with Crippen LogP contribution < -0.4 is 10.4 Å². The molecule has 1 fully saturated rings. The molecule has 0 bridgehead atoms. The maximum Gasteiger partial charge on any atom is 0.346 e. The molecule has 1 aliphatic carbocycles. The van der Waals surface area contributed by atoms with Crippen LogP contribution in [0.25, 0.3) is 11.4 Å². The highest BCUT2D eigenvalue weighted by Gasteiger charge is 2.23. The lowest BCUT2D eigenvalue weighted by molar-refractivity contribution is 0.306. The molecule has 0 unspecified atom stereocenters. The molecule has 1 N–H and O–H groups in total. The molecule has 0 atom stereocenters. The van der Waals surface area contributed by atoms with Crippen LogP contribution in [-0.4, -0.2) is 35.0 Å². The summed E-state index contributed by atoms with van der Waals surface area (Å²) >= 11 is 6.54. The number of benzene rings is 2. The molecule has 2 aromatic heterocycles. The molecule has 2 aromatic carbocycles. The molecule has 0 amide bonds. The fourth-order valence-corrected chi connectivity index (χ4v) is 4.85. The maximum absolute atomic E-state index is 13.1. The van der Waals surface area contributed by atoms with Crippen LogP contribution in [0.3, 0.4) is 0 Å². The topological polar surface area (TPSA) is 104 Å². The van der Waals surface area contributed by atoms with E-state index in [0.29, 0.717) is 29.6 Å². The molecule has 9 nitrogen and oxygen atoms in total. The molecule has 0 radical (unpaired) electrons. The number of aryl methyl sites for hydroxylation is 1. The summed E-state index contributed by atoms with van der Waals surface area (Å²) in [5, 5.41) is 19.3. The number of H-pyrrole nitrogens is 1. The van der Waals surface area contributed by atoms with Crippen molar-refractivity contribution in [1.82, 2.24) is 35.0 Å². The minimum absolute atomic E-state index is 0.00296. The van der Waals surface area contributed by atoms with E-state index in [1.165, 1.54) is 12.8 Å². The lowest BCUT2D eigenvalue weighted by atomic mass is 10.1. The van der Waals surface area contributed by atoms with Crippen LogP contribution in [0.15, 0.2) is 47.3 Å². The first-order chi connectivity index (χ1) is 17.1. The summed E-state index contributed by atoms with van der Waals surface area (Å²) in [5.41, 5.74) is 2.55. The third-order valence-electron chi connectivity index (χ3n) is 6.43. The van der Waals surface area contributed by atoms with Gasteiger partial charge in [-0.1, -0.05) is 55.6 Å². The predicted octanol–water partition coefficient (Wildman–Crippen LogP) is 4.57. The smallest absolute Gasteiger partial charge is 0.346 e. The van der Waals surface area contributed by atoms with Gasteiger partial charge in [-0.25, -0.2) is 9.48 Å². The normalized spacial score (nSPS) is 14.0. The molecule has 4 aromatic rings. The summed E-state index contributed by atoms with van der Waals surface area (Å²) in [4.78, 5) is 13.1. The van der Waals surface area contributed by atoms with Gasteiger partial charge in [0.05, 0.1) is 17.6 Å². The van der Waals surface area contributed by atoms with Crippen molar-refractivity contribution in [3.05, 3.63) is 74.9 Å². The Bertz CT molecular complexity index is 1320. The van der Waals surface area contributed by atoms with Gasteiger partial charge in [0, 0.05) is 17.5 Å². The number of halogens is 1. The van der Waals surface area contributed by atoms with Crippen LogP contribution in [0, 0.1) is 0 Å². The van der Waals surface area contributed by atoms with Crippen molar-refractivity contribution < 1.29 is 4.74 Å². The Kier molecular flexibility index (Phi) is 6.94. The minimum Gasteiger partial charge on any atom is -0.489 e. The van der Waals surface area contributed by atoms with Crippen LogP contribution in [0.1, 0.15) is 62.0 Å². The van der Waals surface area contributed by atoms with Crippen LogP contribution in [0.4, 0.5) is 0 Å². The Morgan fingerprint density at radius 3 is 2.66 bits per heavy atom. The van der Waals surface area contributed by atoms with Gasteiger partial charge in [0.15, 0.2) is 0 Å². The average Bonchev–Trinajstić information content (AvgIpc) is 3.64. The van der Waals surface area contributed by atoms with E-state index in [4.69, 9.17) is 21.4 Å². The summed E-state index contributed by atoms with van der Waals surface area (Å²) in [5.74, 6) is 2.02. The first-order valence-electron chi connectivity index (χ1n) is 12.0. The standard InChI is InChI=1S/C25H28ClN7O2/c1-2-6-22-29-33(19-8-3-4-9-19)25(34)32(22)15-17-11-13-20(14-12-17)35-16-18-7-5-10-21(23(18)26)24-27-30-31-28-24/h5,7,10-14,19H,2-4,6,8-9,15-16H2,1H3,(H,27,28,30,31). The van der Waals surface area contributed by atoms with Gasteiger partial charge < -0.3 is 4.74 Å². The van der Waals surface area contributed by atoms with Gasteiger partial charge >= 0.3 is 5.69 Å². The lowest BCUT2D eigenvalue weighted by Gasteiger charge is -2.11. The summed E-state index contributed by atoms with van der Waals surface area (Å²) in [6.45, 7) is 2.91. The molecule has 182 valence electrons. The number of ether oxygens (including phenoxy) is 1. The van der Waals surface area contributed by atoms with Gasteiger partial charge in [0.25, 0.3) is 0 Å². The zero-order chi connectivity index (χ0) is 24.2. The zero-order valence-corrected chi connectivity index (χ0v) is 20.4. The number of aromatic nitrogens is 7. The molecule has 2 heterocycles. The van der Waals surface area contributed by atoms with E-state index < -0.39 is 0 Å². The molecule has 0 saturated heterocycles. The third kappa shape index (κ3) is 5.00. The Balaban J connectivity index is 1.28. The fraction of sp³-hybridized carbons (Fsp3) is 0.400. The highest BCUT2D eigenvalue weighted by Crippen LogP contribution is 2.29. The van der Waals surface area contributed by atoms with Crippen LogP contribution in [-0.2, 0) is 19.6 Å². The second-order valence-corrected chi connectivity index (χ2v) is 9.24. The fourth-order valence-electron chi connectivity index (χ4n) is 4.58. The van der Waals surface area contributed by atoms with Crippen molar-refractivity contribution in [3.8, 4) is 17.1 Å². The second-order valence-electron chi connectivity index (χ2n) is 8.86. The maximum atomic E-state index is 13.1. The second kappa shape index (κ2) is 10.4. The number of hydrogen-bond acceptors (Lipinski definition) is 6. The number of tetrazole rings is 1. The quantitative estimate of drug-likeness (QED) is 0.366. The van der Waals surface area contributed by atoms with Gasteiger partial charge in [-0.3, -0.25) is 4.57 Å². The number of rotatable bonds is 9. The number of nitrogens with zero attached hydrogens (tertiary/aromatic N) is 6. The predicted molar refractivity (Wildman–Crippen MR) is 132 cm³/mol. The zero-order valence-electron chi connectivity index (χ0n) is 19.7. The molecular weight excluding hydrogens is 466 g/mol. The summed E-state index contributed by atoms with van der Waals surface area (Å²) < 4.78 is 9.52. The van der Waals surface area contributed by atoms with Gasteiger partial charge in [0.2, 0.25) is 5.82 Å². The Morgan fingerprint density at radius 1 is 1.14 bits per heavy atom. The Morgan fingerprint density at radius 2 is 1.94 bits per heavy atom. The summed E-state index contributed by atoms with van der Waals surface area (Å²) in [7, 11) is 0. The average molecular weight is 494 g/mol. The van der Waals surface area contributed by atoms with E-state index in [2.05, 4.69) is 27.5 Å². The molecule has 0 aliphatic heterocycles. The van der Waals surface area contributed by atoms with E-state index >= 15 is 0 Å². The van der Waals surface area contributed by atoms with Crippen LogP contribution in [0.2, 0.25) is 5.02 Å². The minimum atomic E-state index is -0.00296. The highest BCUT2D eigenvalue weighted by molar-refractivity contribution is 6.33. The van der Waals surface area contributed by atoms with Gasteiger partial charge in [0.1, 0.15) is 18.2 Å². The third-order valence-corrected chi connectivity index (χ3v) is 6.88. The largest absolute Gasteiger partial charge is 0.489 e. The van der Waals surface area contributed by atoms with Crippen molar-refractivity contribution in [2.75, 3.05) is 0 Å². The van der Waals surface area contributed by atoms with E-state index in [9.17, 15) is 4.79 Å². The van der Waals surface area contributed by atoms with E-state index in [0.717, 1.165) is 48.4 Å². The van der Waals surface area contributed by atoms with E-state index in [1.807, 2.05) is 47.0 Å². The summed E-state index contributed by atoms with van der Waals surface area (Å²) in [6.07, 6.45) is 6.15. The van der Waals surface area contributed by atoms with E-state index in [1.54, 1.807) is 4.68 Å². The van der Waals surface area contributed by atoms with Crippen molar-refractivity contribution >= 4 is 11.6 Å². The lowest BCUT2D eigenvalue weighted by Crippen LogP contribution is -2.28. The van der Waals surface area contributed by atoms with Gasteiger partial charge in [-0.2, -0.15) is 10.3 Å². The van der Waals surface area contributed by atoms with Crippen molar-refractivity contribution in [2.24, 2.45) is 0 Å². The summed E-state index contributed by atoms with van der Waals surface area (Å²) in [6, 6.07) is 13.7. The number of nitrogens with one attached hydrogen (secondary N) is 1. The molecule has 1 aliphatic rings. The number of aromatic amines is 1. The molecular formula is C25H28ClN7O2. The van der Waals surface area contributed by atoms with Gasteiger partial charge in [-0.15, -0.1) is 10.2 Å².